The molecule has 2 N–H and O–H groups in total. The number of aryl methyl sites for hydroxylation is 1. The first kappa shape index (κ1) is 27.6. The van der Waals surface area contributed by atoms with Crippen molar-refractivity contribution < 1.29 is 30.2 Å². The van der Waals surface area contributed by atoms with Crippen molar-refractivity contribution >= 4 is 36.9 Å². The Morgan fingerprint density at radius 1 is 1.03 bits per heavy atom. The van der Waals surface area contributed by atoms with Crippen LogP contribution < -0.4 is 5.32 Å². The van der Waals surface area contributed by atoms with Crippen LogP contribution in [0.25, 0.3) is 22.3 Å². The summed E-state index contributed by atoms with van der Waals surface area (Å²) in [6.07, 6.45) is 3.01. The molecule has 0 aliphatic heterocycles. The van der Waals surface area contributed by atoms with E-state index in [0.29, 0.717) is 0 Å². The number of benzene rings is 1. The maximum Gasteiger partial charge on any atom is 0.269 e. The van der Waals surface area contributed by atoms with Crippen LogP contribution in [0.3, 0.4) is 0 Å². The third-order valence-corrected chi connectivity index (χ3v) is 8.46. The Morgan fingerprint density at radius 3 is 2.29 bits per heavy atom. The number of halogens is 2. The number of nitrogens with zero attached hydrogens (tertiary/aromatic N) is 3. The van der Waals surface area contributed by atoms with Gasteiger partial charge in [0, 0.05) is 23.2 Å². The Labute approximate surface area is 219 Å². The third-order valence-electron chi connectivity index (χ3n) is 6.04. The first-order valence-corrected chi connectivity index (χ1v) is 14.5. The number of anilines is 1. The summed E-state index contributed by atoms with van der Waals surface area (Å²) in [7, 11) is -8.54. The SMILES string of the molecule is Cc1ccc(S(=O)(=O)n2cc(-c3cc(N[C@H](CS(=O)(=O)O)C(C)(C)C)c(F)cn3)c3cc(F)cnc32)cc1. The van der Waals surface area contributed by atoms with E-state index in [4.69, 9.17) is 0 Å². The van der Waals surface area contributed by atoms with Crippen molar-refractivity contribution in [1.29, 1.82) is 0 Å². The average Bonchev–Trinajstić information content (AvgIpc) is 3.18. The number of nitrogens with one attached hydrogen (secondary N) is 1. The van der Waals surface area contributed by atoms with E-state index in [0.717, 1.165) is 28.0 Å². The van der Waals surface area contributed by atoms with Crippen molar-refractivity contribution in [3.8, 4) is 11.3 Å². The first-order chi connectivity index (χ1) is 17.6. The number of rotatable bonds is 7. The predicted molar refractivity (Wildman–Crippen MR) is 140 cm³/mol. The smallest absolute Gasteiger partial charge is 0.269 e. The molecule has 0 bridgehead atoms. The summed E-state index contributed by atoms with van der Waals surface area (Å²) in [6, 6.07) is 7.64. The van der Waals surface area contributed by atoms with Gasteiger partial charge in [-0.1, -0.05) is 38.5 Å². The van der Waals surface area contributed by atoms with Gasteiger partial charge in [-0.05, 0) is 36.6 Å². The van der Waals surface area contributed by atoms with E-state index in [1.54, 1.807) is 32.9 Å². The summed E-state index contributed by atoms with van der Waals surface area (Å²) in [5, 5.41) is 2.93. The Bertz CT molecular complexity index is 1730. The van der Waals surface area contributed by atoms with Crippen LogP contribution in [0.5, 0.6) is 0 Å². The van der Waals surface area contributed by atoms with E-state index in [-0.39, 0.29) is 32.9 Å². The molecule has 0 radical (unpaired) electrons. The molecule has 0 aliphatic carbocycles. The van der Waals surface area contributed by atoms with Crippen molar-refractivity contribution in [2.75, 3.05) is 11.1 Å². The Hall–Kier alpha value is -3.42. The molecule has 4 aromatic rings. The maximum absolute atomic E-state index is 14.8. The van der Waals surface area contributed by atoms with Gasteiger partial charge in [0.1, 0.15) is 5.82 Å². The zero-order valence-corrected chi connectivity index (χ0v) is 22.6. The monoisotopic (exact) mass is 564 g/mol. The van der Waals surface area contributed by atoms with Crippen LogP contribution >= 0.6 is 0 Å². The van der Waals surface area contributed by atoms with E-state index >= 15 is 0 Å². The molecule has 0 fully saturated rings. The van der Waals surface area contributed by atoms with Gasteiger partial charge in [-0.15, -0.1) is 0 Å². The van der Waals surface area contributed by atoms with Crippen molar-refractivity contribution in [2.24, 2.45) is 5.41 Å². The molecule has 0 aliphatic rings. The molecule has 0 unspecified atom stereocenters. The number of hydrogen-bond acceptors (Lipinski definition) is 7. The second-order valence-corrected chi connectivity index (χ2v) is 13.4. The van der Waals surface area contributed by atoms with Crippen LogP contribution in [0.2, 0.25) is 0 Å². The fourth-order valence-electron chi connectivity index (χ4n) is 3.87. The standard InChI is InChI=1S/C25H26F2N4O5S2/c1-15-5-7-17(8-6-15)38(35,36)31-13-19(18-9-16(26)11-29-24(18)31)21-10-22(20(27)12-28-21)30-23(25(2,3)4)14-37(32,33)34/h5-13,23H,14H2,1-4H3,(H,28,30)(H,32,33,34)/t23-/m1/s1. The van der Waals surface area contributed by atoms with Gasteiger partial charge < -0.3 is 5.32 Å². The molecule has 0 saturated carbocycles. The Balaban J connectivity index is 1.87. The van der Waals surface area contributed by atoms with Gasteiger partial charge in [0.05, 0.1) is 34.4 Å². The normalized spacial score (nSPS) is 13.6. The highest BCUT2D eigenvalue weighted by Gasteiger charge is 2.30. The van der Waals surface area contributed by atoms with Crippen LogP contribution in [0.1, 0.15) is 26.3 Å². The van der Waals surface area contributed by atoms with E-state index in [2.05, 4.69) is 15.3 Å². The lowest BCUT2D eigenvalue weighted by Crippen LogP contribution is -2.40. The van der Waals surface area contributed by atoms with E-state index in [1.165, 1.54) is 24.4 Å². The molecular weight excluding hydrogens is 538 g/mol. The van der Waals surface area contributed by atoms with Crippen molar-refractivity contribution in [1.82, 2.24) is 13.9 Å². The summed E-state index contributed by atoms with van der Waals surface area (Å²) >= 11 is 0. The molecule has 0 saturated heterocycles. The second-order valence-electron chi connectivity index (χ2n) is 10.0. The number of pyridine rings is 2. The molecule has 4 rings (SSSR count). The summed E-state index contributed by atoms with van der Waals surface area (Å²) in [5.41, 5.74) is 0.209. The highest BCUT2D eigenvalue weighted by molar-refractivity contribution is 7.90. The molecule has 3 aromatic heterocycles. The summed E-state index contributed by atoms with van der Waals surface area (Å²) < 4.78 is 89.3. The van der Waals surface area contributed by atoms with Gasteiger partial charge in [-0.25, -0.2) is 26.2 Å². The number of aromatic nitrogens is 3. The van der Waals surface area contributed by atoms with Crippen LogP contribution in [-0.4, -0.2) is 47.1 Å². The van der Waals surface area contributed by atoms with Crippen LogP contribution in [0.15, 0.2) is 59.9 Å². The number of hydrogen-bond donors (Lipinski definition) is 2. The Kier molecular flexibility index (Phi) is 7.06. The van der Waals surface area contributed by atoms with Gasteiger partial charge in [0.25, 0.3) is 20.1 Å². The Morgan fingerprint density at radius 2 is 1.68 bits per heavy atom. The molecule has 9 nitrogen and oxygen atoms in total. The lowest BCUT2D eigenvalue weighted by atomic mass is 9.87. The van der Waals surface area contributed by atoms with Crippen molar-refractivity contribution in [3.05, 3.63) is 72.2 Å². The van der Waals surface area contributed by atoms with Gasteiger partial charge in [0.15, 0.2) is 11.5 Å². The molecule has 0 spiro atoms. The van der Waals surface area contributed by atoms with Crippen molar-refractivity contribution in [2.45, 2.75) is 38.6 Å². The minimum Gasteiger partial charge on any atom is -0.378 e. The fraction of sp³-hybridized carbons (Fsp3) is 0.280. The zero-order chi connectivity index (χ0) is 28.0. The molecule has 202 valence electrons. The summed E-state index contributed by atoms with van der Waals surface area (Å²) in [4.78, 5) is 8.06. The zero-order valence-electron chi connectivity index (χ0n) is 21.0. The number of fused-ring (bicyclic) bond motifs is 1. The highest BCUT2D eigenvalue weighted by atomic mass is 32.2. The summed E-state index contributed by atoms with van der Waals surface area (Å²) in [5.74, 6) is -2.21. The maximum atomic E-state index is 14.8. The van der Waals surface area contributed by atoms with Gasteiger partial charge >= 0.3 is 0 Å². The first-order valence-electron chi connectivity index (χ1n) is 11.4. The van der Waals surface area contributed by atoms with E-state index in [1.807, 2.05) is 6.92 Å². The molecule has 13 heteroatoms. The lowest BCUT2D eigenvalue weighted by molar-refractivity contribution is 0.351. The van der Waals surface area contributed by atoms with Crippen molar-refractivity contribution in [3.63, 3.8) is 0 Å². The molecular formula is C25H26F2N4O5S2. The highest BCUT2D eigenvalue weighted by Crippen LogP contribution is 2.34. The van der Waals surface area contributed by atoms with Crippen LogP contribution in [-0.2, 0) is 20.1 Å². The largest absolute Gasteiger partial charge is 0.378 e. The minimum absolute atomic E-state index is 0.00896. The van der Waals surface area contributed by atoms with E-state index in [9.17, 15) is 30.2 Å². The molecule has 38 heavy (non-hydrogen) atoms. The molecule has 1 atom stereocenters. The predicted octanol–water partition coefficient (Wildman–Crippen LogP) is 4.64. The van der Waals surface area contributed by atoms with Gasteiger partial charge in [-0.2, -0.15) is 8.42 Å². The van der Waals surface area contributed by atoms with Crippen LogP contribution in [0, 0.1) is 24.0 Å². The second kappa shape index (κ2) is 9.71. The quantitative estimate of drug-likeness (QED) is 0.311. The third kappa shape index (κ3) is 5.69. The molecule has 1 aromatic carbocycles. The molecule has 3 heterocycles. The van der Waals surface area contributed by atoms with Gasteiger partial charge in [-0.3, -0.25) is 9.54 Å². The summed E-state index contributed by atoms with van der Waals surface area (Å²) in [6.45, 7) is 6.96. The lowest BCUT2D eigenvalue weighted by Gasteiger charge is -2.31. The average molecular weight is 565 g/mol. The van der Waals surface area contributed by atoms with E-state index < -0.39 is 49.0 Å². The minimum atomic E-state index is -4.40. The van der Waals surface area contributed by atoms with Crippen LogP contribution in [0.4, 0.5) is 14.5 Å². The fourth-order valence-corrected chi connectivity index (χ4v) is 6.20. The molecule has 0 amide bonds. The topological polar surface area (TPSA) is 131 Å². The van der Waals surface area contributed by atoms with Gasteiger partial charge in [0.2, 0.25) is 0 Å².